The number of carbonyl (C=O) groups is 9. The Kier molecular flexibility index (Phi) is 33.4. The highest BCUT2D eigenvalue weighted by molar-refractivity contribution is 7.49. The SMILES string of the molecule is CCCC(=O)OC1C(OP(=O)(OCOC(=O)CC)OCOC(=O)CC)C(OC(=O)CCC)C(OP(=O)(OCOC(=O)CC)OCOC(=O)CC)C(OC(=O)CCC)C1OP(=O)(OCOC(=O)CC)OCOC(=O)CC. The summed E-state index contributed by atoms with van der Waals surface area (Å²) in [6.45, 7) is 5.43. The number of rotatable bonds is 39. The first-order valence-electron chi connectivity index (χ1n) is 23.8. The van der Waals surface area contributed by atoms with Crippen molar-refractivity contribution in [3.8, 4) is 0 Å². The Hall–Kier alpha value is -4.44. The summed E-state index contributed by atoms with van der Waals surface area (Å²) in [6.07, 6.45) is -17.9. The van der Waals surface area contributed by atoms with Gasteiger partial charge in [-0.25, -0.2) is 40.8 Å². The van der Waals surface area contributed by atoms with Crippen LogP contribution in [0.3, 0.4) is 0 Å². The molecular weight excluding hydrogens is 1080 g/mol. The van der Waals surface area contributed by atoms with Gasteiger partial charge in [-0.1, -0.05) is 62.3 Å². The van der Waals surface area contributed by atoms with Crippen LogP contribution in [-0.4, -0.2) is 131 Å². The van der Waals surface area contributed by atoms with E-state index in [1.54, 1.807) is 0 Å². The summed E-state index contributed by atoms with van der Waals surface area (Å²) in [5, 5.41) is 0. The van der Waals surface area contributed by atoms with Crippen LogP contribution in [0, 0.1) is 0 Å². The van der Waals surface area contributed by atoms with Gasteiger partial charge in [0.2, 0.25) is 40.8 Å². The maximum atomic E-state index is 14.9. The number of phosphoric ester groups is 3. The average molecular weight is 1150 g/mol. The standard InChI is InChI=1S/C42H69O30P3/c1-10-19-34(49)67-37-40(70-73(52,61-22-55-28(43)13-4)62-23-56-29(44)14-5)38(68-35(50)20-11-2)42(72-75(54,65-26-59-32(47)17-8)66-27-60-33(48)18-9)39(69-36(51)21-12-3)41(37)71-74(53,63-24-57-30(45)15-6)64-25-58-31(46)16-7/h37-42H,10-27H2,1-9H3. The van der Waals surface area contributed by atoms with Gasteiger partial charge in [0.05, 0.1) is 0 Å². The van der Waals surface area contributed by atoms with Crippen molar-refractivity contribution in [2.45, 2.75) is 176 Å². The lowest BCUT2D eigenvalue weighted by atomic mass is 9.84. The van der Waals surface area contributed by atoms with Gasteiger partial charge in [-0.15, -0.1) is 0 Å². The quantitative estimate of drug-likeness (QED) is 0.0287. The molecule has 33 heteroatoms. The fourth-order valence-electron chi connectivity index (χ4n) is 5.42. The lowest BCUT2D eigenvalue weighted by Crippen LogP contribution is -2.68. The third-order valence-corrected chi connectivity index (χ3v) is 13.2. The molecule has 0 aliphatic heterocycles. The summed E-state index contributed by atoms with van der Waals surface area (Å²) in [5.41, 5.74) is 0. The normalized spacial score (nSPS) is 18.7. The van der Waals surface area contributed by atoms with E-state index in [1.165, 1.54) is 62.3 Å². The van der Waals surface area contributed by atoms with Gasteiger partial charge >= 0.3 is 77.2 Å². The van der Waals surface area contributed by atoms with Crippen LogP contribution < -0.4 is 0 Å². The van der Waals surface area contributed by atoms with Gasteiger partial charge in [0.25, 0.3) is 0 Å². The molecule has 0 amide bonds. The number of ether oxygens (including phenoxy) is 9. The lowest BCUT2D eigenvalue weighted by molar-refractivity contribution is -0.243. The molecule has 0 bridgehead atoms. The second kappa shape index (κ2) is 36.6. The van der Waals surface area contributed by atoms with Gasteiger partial charge in [0.15, 0.2) is 18.3 Å². The highest BCUT2D eigenvalue weighted by atomic mass is 31.2. The number of esters is 9. The van der Waals surface area contributed by atoms with Crippen molar-refractivity contribution in [3.63, 3.8) is 0 Å². The van der Waals surface area contributed by atoms with Crippen LogP contribution in [0.5, 0.6) is 0 Å². The van der Waals surface area contributed by atoms with E-state index in [0.29, 0.717) is 0 Å². The number of phosphoric acid groups is 3. The van der Waals surface area contributed by atoms with Crippen molar-refractivity contribution in [2.75, 3.05) is 40.8 Å². The first kappa shape index (κ1) is 68.6. The molecule has 0 aromatic carbocycles. The predicted molar refractivity (Wildman–Crippen MR) is 246 cm³/mol. The summed E-state index contributed by atoms with van der Waals surface area (Å²) in [6, 6.07) is 0. The van der Waals surface area contributed by atoms with Gasteiger partial charge in [0.1, 0.15) is 18.3 Å². The summed E-state index contributed by atoms with van der Waals surface area (Å²) >= 11 is 0. The third kappa shape index (κ3) is 26.5. The minimum Gasteiger partial charge on any atom is -0.456 e. The Labute approximate surface area is 433 Å². The van der Waals surface area contributed by atoms with Crippen molar-refractivity contribution in [1.29, 1.82) is 0 Å². The summed E-state index contributed by atoms with van der Waals surface area (Å²) in [4.78, 5) is 115. The number of hydrogen-bond donors (Lipinski definition) is 0. The van der Waals surface area contributed by atoms with E-state index < -0.39 is 174 Å². The molecule has 30 nitrogen and oxygen atoms in total. The van der Waals surface area contributed by atoms with Gasteiger partial charge < -0.3 is 42.6 Å². The molecule has 1 saturated carbocycles. The highest BCUT2D eigenvalue weighted by Crippen LogP contribution is 2.59. The highest BCUT2D eigenvalue weighted by Gasteiger charge is 2.63. The lowest BCUT2D eigenvalue weighted by Gasteiger charge is -2.48. The Bertz CT molecular complexity index is 1690. The van der Waals surface area contributed by atoms with E-state index in [4.69, 9.17) is 83.3 Å². The molecule has 0 saturated heterocycles. The molecule has 75 heavy (non-hydrogen) atoms. The Morgan fingerprint density at radius 2 is 0.453 bits per heavy atom. The molecule has 0 atom stereocenters. The summed E-state index contributed by atoms with van der Waals surface area (Å²) in [5.74, 6) is -9.14. The van der Waals surface area contributed by atoms with Crippen LogP contribution >= 0.6 is 23.5 Å². The topological polar surface area (TPSA) is 371 Å². The molecule has 0 heterocycles. The zero-order chi connectivity index (χ0) is 56.6. The van der Waals surface area contributed by atoms with E-state index in [0.717, 1.165) is 0 Å². The molecule has 1 aliphatic rings. The molecule has 0 unspecified atom stereocenters. The van der Waals surface area contributed by atoms with E-state index in [2.05, 4.69) is 0 Å². The van der Waals surface area contributed by atoms with E-state index in [-0.39, 0.29) is 57.8 Å². The van der Waals surface area contributed by atoms with Crippen molar-refractivity contribution in [1.82, 2.24) is 0 Å². The zero-order valence-electron chi connectivity index (χ0n) is 43.3. The first-order chi connectivity index (χ1) is 35.5. The van der Waals surface area contributed by atoms with E-state index in [9.17, 15) is 56.8 Å². The molecule has 1 fully saturated rings. The van der Waals surface area contributed by atoms with Crippen molar-refractivity contribution in [3.05, 3.63) is 0 Å². The van der Waals surface area contributed by atoms with Crippen LogP contribution in [0.4, 0.5) is 0 Å². The Morgan fingerprint density at radius 1 is 0.280 bits per heavy atom. The van der Waals surface area contributed by atoms with Gasteiger partial charge in [0, 0.05) is 57.8 Å². The summed E-state index contributed by atoms with van der Waals surface area (Å²) < 4.78 is 141. The van der Waals surface area contributed by atoms with Gasteiger partial charge in [-0.2, -0.15) is 0 Å². The Morgan fingerprint density at radius 3 is 0.600 bits per heavy atom. The van der Waals surface area contributed by atoms with Crippen LogP contribution in [-0.2, 0) is 140 Å². The minimum absolute atomic E-state index is 0.0495. The fraction of sp³-hybridized carbons (Fsp3) is 0.786. The molecule has 0 radical (unpaired) electrons. The first-order valence-corrected chi connectivity index (χ1v) is 28.2. The fourth-order valence-corrected chi connectivity index (χ4v) is 8.72. The Balaban J connectivity index is 4.74. The van der Waals surface area contributed by atoms with Crippen LogP contribution in [0.15, 0.2) is 0 Å². The molecular formula is C42H69O30P3. The minimum atomic E-state index is -5.60. The maximum absolute atomic E-state index is 14.9. The number of hydrogen-bond acceptors (Lipinski definition) is 30. The predicted octanol–water partition coefficient (Wildman–Crippen LogP) is 6.18. The largest absolute Gasteiger partial charge is 0.481 e. The van der Waals surface area contributed by atoms with Crippen LogP contribution in [0.2, 0.25) is 0 Å². The monoisotopic (exact) mass is 1150 g/mol. The maximum Gasteiger partial charge on any atom is 0.481 e. The average Bonchev–Trinajstić information content (AvgIpc) is 3.36. The summed E-state index contributed by atoms with van der Waals surface area (Å²) in [7, 11) is -16.8. The number of carbonyl (C=O) groups excluding carboxylic acids is 9. The van der Waals surface area contributed by atoms with E-state index in [1.807, 2.05) is 0 Å². The second-order valence-electron chi connectivity index (χ2n) is 14.9. The van der Waals surface area contributed by atoms with Crippen molar-refractivity contribution in [2.24, 2.45) is 0 Å². The molecule has 432 valence electrons. The van der Waals surface area contributed by atoms with Gasteiger partial charge in [-0.3, -0.25) is 56.7 Å². The molecule has 0 N–H and O–H groups in total. The third-order valence-electron chi connectivity index (χ3n) is 9.18. The van der Waals surface area contributed by atoms with E-state index >= 15 is 0 Å². The van der Waals surface area contributed by atoms with Crippen LogP contribution in [0.1, 0.15) is 139 Å². The molecule has 1 aliphatic carbocycles. The molecule has 0 spiro atoms. The van der Waals surface area contributed by atoms with Gasteiger partial charge in [-0.05, 0) is 19.3 Å². The van der Waals surface area contributed by atoms with Crippen LogP contribution in [0.25, 0.3) is 0 Å². The molecule has 0 aromatic heterocycles. The molecule has 1 rings (SSSR count). The second-order valence-corrected chi connectivity index (χ2v) is 19.7. The molecule has 0 aromatic rings. The van der Waals surface area contributed by atoms with Crippen molar-refractivity contribution < 1.29 is 140 Å². The smallest absolute Gasteiger partial charge is 0.456 e. The zero-order valence-corrected chi connectivity index (χ0v) is 46.0. The van der Waals surface area contributed by atoms with Crippen molar-refractivity contribution >= 4 is 77.2 Å².